The lowest BCUT2D eigenvalue weighted by Gasteiger charge is -2.47. The van der Waals surface area contributed by atoms with Crippen LogP contribution >= 0.6 is 0 Å². The zero-order valence-corrected chi connectivity index (χ0v) is 13.7. The molecule has 0 radical (unpaired) electrons. The van der Waals surface area contributed by atoms with Crippen molar-refractivity contribution in [2.24, 2.45) is 10.3 Å². The third-order valence-corrected chi connectivity index (χ3v) is 4.52. The minimum Gasteiger partial charge on any atom is -0.340 e. The highest BCUT2D eigenvalue weighted by Crippen LogP contribution is 2.40. The number of hydrogen-bond donors (Lipinski definition) is 2. The highest BCUT2D eigenvalue weighted by molar-refractivity contribution is 5.92. The standard InChI is InChI=1S/C15H28N4O2/c1-5-8-9-10-11-14(6-2)15(7-3,16-12(4)20)13(21)17-19-18-14/h5-11H2,1-4H3,(H,16,20)(H,17,18,21). The third-order valence-electron chi connectivity index (χ3n) is 4.52. The average molecular weight is 296 g/mol. The first-order chi connectivity index (χ1) is 9.98. The van der Waals surface area contributed by atoms with E-state index >= 15 is 0 Å². The van der Waals surface area contributed by atoms with Crippen molar-refractivity contribution in [1.29, 1.82) is 0 Å². The normalized spacial score (nSPS) is 28.3. The van der Waals surface area contributed by atoms with Crippen molar-refractivity contribution in [1.82, 2.24) is 10.7 Å². The van der Waals surface area contributed by atoms with E-state index in [-0.39, 0.29) is 11.8 Å². The molecule has 6 heteroatoms. The minimum absolute atomic E-state index is 0.213. The molecule has 2 N–H and O–H groups in total. The molecule has 0 aromatic heterocycles. The second kappa shape index (κ2) is 7.52. The van der Waals surface area contributed by atoms with Crippen LogP contribution in [0.4, 0.5) is 0 Å². The van der Waals surface area contributed by atoms with Crippen LogP contribution < -0.4 is 10.7 Å². The van der Waals surface area contributed by atoms with E-state index in [4.69, 9.17) is 0 Å². The van der Waals surface area contributed by atoms with Gasteiger partial charge in [0, 0.05) is 6.92 Å². The number of carbonyl (C=O) groups is 2. The summed E-state index contributed by atoms with van der Waals surface area (Å²) in [6.07, 6.45) is 6.34. The van der Waals surface area contributed by atoms with Crippen LogP contribution in [0.5, 0.6) is 0 Å². The molecule has 0 aromatic carbocycles. The molecule has 0 fully saturated rings. The van der Waals surface area contributed by atoms with Gasteiger partial charge in [-0.15, -0.1) is 0 Å². The Morgan fingerprint density at radius 3 is 2.43 bits per heavy atom. The molecule has 2 atom stereocenters. The molecule has 0 saturated heterocycles. The van der Waals surface area contributed by atoms with Crippen molar-refractivity contribution >= 4 is 11.8 Å². The van der Waals surface area contributed by atoms with Gasteiger partial charge in [0.15, 0.2) is 0 Å². The highest BCUT2D eigenvalue weighted by Gasteiger charge is 2.57. The van der Waals surface area contributed by atoms with Crippen molar-refractivity contribution in [3.63, 3.8) is 0 Å². The smallest absolute Gasteiger partial charge is 0.269 e. The van der Waals surface area contributed by atoms with E-state index in [9.17, 15) is 9.59 Å². The summed E-state index contributed by atoms with van der Waals surface area (Å²) in [6.45, 7) is 7.52. The van der Waals surface area contributed by atoms with Gasteiger partial charge < -0.3 is 5.32 Å². The zero-order valence-electron chi connectivity index (χ0n) is 13.7. The van der Waals surface area contributed by atoms with Gasteiger partial charge in [-0.05, 0) is 19.3 Å². The van der Waals surface area contributed by atoms with Gasteiger partial charge in [0.05, 0.1) is 0 Å². The maximum atomic E-state index is 12.5. The molecule has 0 bridgehead atoms. The number of nitrogens with one attached hydrogen (secondary N) is 2. The fourth-order valence-electron chi connectivity index (χ4n) is 3.27. The van der Waals surface area contributed by atoms with Crippen LogP contribution in [0, 0.1) is 0 Å². The van der Waals surface area contributed by atoms with Gasteiger partial charge in [0.1, 0.15) is 11.1 Å². The Labute approximate surface area is 127 Å². The largest absolute Gasteiger partial charge is 0.340 e. The first-order valence-corrected chi connectivity index (χ1v) is 7.99. The number of unbranched alkanes of at least 4 members (excludes halogenated alkanes) is 3. The molecule has 1 heterocycles. The second-order valence-electron chi connectivity index (χ2n) is 5.78. The Morgan fingerprint density at radius 2 is 1.90 bits per heavy atom. The lowest BCUT2D eigenvalue weighted by atomic mass is 9.69. The SMILES string of the molecule is CCCCCCC1(CC)N=NNC(=O)C1(CC)NC(C)=O. The molecule has 2 unspecified atom stereocenters. The lowest BCUT2D eigenvalue weighted by Crippen LogP contribution is -2.71. The van der Waals surface area contributed by atoms with Gasteiger partial charge in [-0.2, -0.15) is 5.11 Å². The van der Waals surface area contributed by atoms with E-state index in [1.165, 1.54) is 13.3 Å². The predicted molar refractivity (Wildman–Crippen MR) is 81.6 cm³/mol. The maximum Gasteiger partial charge on any atom is 0.269 e. The van der Waals surface area contributed by atoms with E-state index in [0.29, 0.717) is 12.8 Å². The van der Waals surface area contributed by atoms with Gasteiger partial charge in [0.25, 0.3) is 5.91 Å². The average Bonchev–Trinajstić information content (AvgIpc) is 2.46. The summed E-state index contributed by atoms with van der Waals surface area (Å²) in [4.78, 5) is 24.1. The van der Waals surface area contributed by atoms with E-state index in [0.717, 1.165) is 25.7 Å². The van der Waals surface area contributed by atoms with E-state index in [2.05, 4.69) is 28.0 Å². The number of nitrogens with zero attached hydrogens (tertiary/aromatic N) is 2. The number of rotatable bonds is 8. The van der Waals surface area contributed by atoms with Crippen LogP contribution in [-0.2, 0) is 9.59 Å². The number of hydrogen-bond acceptors (Lipinski definition) is 4. The first kappa shape index (κ1) is 17.6. The quantitative estimate of drug-likeness (QED) is 0.675. The highest BCUT2D eigenvalue weighted by atomic mass is 16.2. The maximum absolute atomic E-state index is 12.5. The number of carbonyl (C=O) groups excluding carboxylic acids is 2. The summed E-state index contributed by atoms with van der Waals surface area (Å²) in [5.74, 6) is -0.469. The summed E-state index contributed by atoms with van der Waals surface area (Å²) in [5, 5.41) is 11.1. The minimum atomic E-state index is -0.998. The monoisotopic (exact) mass is 296 g/mol. The summed E-state index contributed by atoms with van der Waals surface area (Å²) < 4.78 is 0. The molecule has 21 heavy (non-hydrogen) atoms. The molecule has 0 aromatic rings. The van der Waals surface area contributed by atoms with Crippen molar-refractivity contribution in [3.05, 3.63) is 0 Å². The Morgan fingerprint density at radius 1 is 1.19 bits per heavy atom. The van der Waals surface area contributed by atoms with Crippen LogP contribution in [-0.4, -0.2) is 22.9 Å². The Kier molecular flexibility index (Phi) is 6.30. The summed E-state index contributed by atoms with van der Waals surface area (Å²) in [5.41, 5.74) is 0.777. The van der Waals surface area contributed by atoms with Crippen LogP contribution in [0.1, 0.15) is 72.6 Å². The molecule has 1 aliphatic heterocycles. The molecule has 6 nitrogen and oxygen atoms in total. The topological polar surface area (TPSA) is 82.9 Å². The number of amides is 2. The first-order valence-electron chi connectivity index (χ1n) is 7.99. The summed E-state index contributed by atoms with van der Waals surface area (Å²) in [6, 6.07) is 0. The molecule has 0 saturated carbocycles. The summed E-state index contributed by atoms with van der Waals surface area (Å²) >= 11 is 0. The van der Waals surface area contributed by atoms with E-state index in [1.54, 1.807) is 0 Å². The van der Waals surface area contributed by atoms with Crippen molar-refractivity contribution in [2.75, 3.05) is 0 Å². The fourth-order valence-corrected chi connectivity index (χ4v) is 3.27. The van der Waals surface area contributed by atoms with Crippen LogP contribution in [0.2, 0.25) is 0 Å². The Bertz CT molecular complexity index is 410. The molecule has 120 valence electrons. The van der Waals surface area contributed by atoms with Gasteiger partial charge in [-0.25, -0.2) is 5.43 Å². The van der Waals surface area contributed by atoms with E-state index in [1.807, 2.05) is 13.8 Å². The fraction of sp³-hybridized carbons (Fsp3) is 0.867. The molecular formula is C15H28N4O2. The molecule has 1 rings (SSSR count). The molecular weight excluding hydrogens is 268 g/mol. The van der Waals surface area contributed by atoms with Crippen molar-refractivity contribution in [2.45, 2.75) is 83.7 Å². The molecule has 0 aliphatic carbocycles. The van der Waals surface area contributed by atoms with Gasteiger partial charge in [-0.3, -0.25) is 9.59 Å². The van der Waals surface area contributed by atoms with Crippen LogP contribution in [0.15, 0.2) is 10.3 Å². The van der Waals surface area contributed by atoms with Crippen LogP contribution in [0.25, 0.3) is 0 Å². The van der Waals surface area contributed by atoms with Crippen molar-refractivity contribution in [3.8, 4) is 0 Å². The van der Waals surface area contributed by atoms with Crippen LogP contribution in [0.3, 0.4) is 0 Å². The molecule has 2 amide bonds. The van der Waals surface area contributed by atoms with E-state index < -0.39 is 11.1 Å². The Hall–Kier alpha value is -1.46. The second-order valence-corrected chi connectivity index (χ2v) is 5.78. The zero-order chi connectivity index (χ0) is 15.9. The van der Waals surface area contributed by atoms with Gasteiger partial charge in [-0.1, -0.05) is 51.7 Å². The van der Waals surface area contributed by atoms with Gasteiger partial charge in [0.2, 0.25) is 5.91 Å². The third kappa shape index (κ3) is 3.41. The van der Waals surface area contributed by atoms with Crippen molar-refractivity contribution < 1.29 is 9.59 Å². The molecule has 0 spiro atoms. The molecule has 1 aliphatic rings. The predicted octanol–water partition coefficient (Wildman–Crippen LogP) is 2.89. The lowest BCUT2D eigenvalue weighted by molar-refractivity contribution is -0.139. The summed E-state index contributed by atoms with van der Waals surface area (Å²) in [7, 11) is 0. The van der Waals surface area contributed by atoms with Gasteiger partial charge >= 0.3 is 0 Å². The Balaban J connectivity index is 3.08.